The standard InChI is InChI=1S/C27H21N3O4/c1-16-3-9-21(17(2)13-16)24-25(29-19-6-10-22-23(14-19)34-12-11-33-22)27(32)30(26(24)31)20-7-4-18(15-28)5-8-20/h3-10,13-14,29H,11-12H2,1-2H3. The summed E-state index contributed by atoms with van der Waals surface area (Å²) in [7, 11) is 0. The molecule has 3 aromatic rings. The van der Waals surface area contributed by atoms with E-state index in [1.165, 1.54) is 0 Å². The first kappa shape index (κ1) is 21.3. The molecule has 3 aromatic carbocycles. The third kappa shape index (κ3) is 3.65. The third-order valence-corrected chi connectivity index (χ3v) is 5.80. The van der Waals surface area contributed by atoms with E-state index < -0.39 is 11.8 Å². The van der Waals surface area contributed by atoms with E-state index in [0.29, 0.717) is 52.8 Å². The van der Waals surface area contributed by atoms with E-state index in [-0.39, 0.29) is 5.70 Å². The lowest BCUT2D eigenvalue weighted by Gasteiger charge is -2.19. The Labute approximate surface area is 196 Å². The first-order valence-corrected chi connectivity index (χ1v) is 10.8. The van der Waals surface area contributed by atoms with E-state index in [0.717, 1.165) is 16.0 Å². The van der Waals surface area contributed by atoms with Gasteiger partial charge in [-0.1, -0.05) is 23.8 Å². The average Bonchev–Trinajstić information content (AvgIpc) is 3.08. The molecule has 0 spiro atoms. The van der Waals surface area contributed by atoms with Gasteiger partial charge in [0.15, 0.2) is 11.5 Å². The van der Waals surface area contributed by atoms with Crippen molar-refractivity contribution in [1.29, 1.82) is 5.26 Å². The maximum absolute atomic E-state index is 13.6. The molecule has 2 aliphatic heterocycles. The smallest absolute Gasteiger partial charge is 0.282 e. The number of carbonyl (C=O) groups is 2. The largest absolute Gasteiger partial charge is 0.486 e. The molecule has 0 atom stereocenters. The summed E-state index contributed by atoms with van der Waals surface area (Å²) < 4.78 is 11.2. The van der Waals surface area contributed by atoms with Crippen LogP contribution < -0.4 is 19.7 Å². The normalized spacial score (nSPS) is 14.9. The lowest BCUT2D eigenvalue weighted by Crippen LogP contribution is -2.32. The predicted octanol–water partition coefficient (Wildman–Crippen LogP) is 4.34. The van der Waals surface area contributed by atoms with Crippen LogP contribution in [0.15, 0.2) is 66.4 Å². The monoisotopic (exact) mass is 451 g/mol. The molecule has 34 heavy (non-hydrogen) atoms. The molecule has 0 unspecified atom stereocenters. The van der Waals surface area contributed by atoms with E-state index in [9.17, 15) is 9.59 Å². The summed E-state index contributed by atoms with van der Waals surface area (Å²) in [6.45, 7) is 4.81. The molecule has 2 amide bonds. The van der Waals surface area contributed by atoms with Gasteiger partial charge in [-0.25, -0.2) is 4.90 Å². The minimum absolute atomic E-state index is 0.179. The van der Waals surface area contributed by atoms with E-state index in [4.69, 9.17) is 14.7 Å². The zero-order valence-corrected chi connectivity index (χ0v) is 18.7. The van der Waals surface area contributed by atoms with Gasteiger partial charge in [-0.05, 0) is 61.4 Å². The lowest BCUT2D eigenvalue weighted by molar-refractivity contribution is -0.120. The number of rotatable bonds is 4. The number of benzene rings is 3. The molecular weight excluding hydrogens is 430 g/mol. The highest BCUT2D eigenvalue weighted by molar-refractivity contribution is 6.46. The molecule has 5 rings (SSSR count). The summed E-state index contributed by atoms with van der Waals surface area (Å²) >= 11 is 0. The van der Waals surface area contributed by atoms with Crippen molar-refractivity contribution < 1.29 is 19.1 Å². The molecular formula is C27H21N3O4. The van der Waals surface area contributed by atoms with Crippen LogP contribution in [-0.2, 0) is 9.59 Å². The van der Waals surface area contributed by atoms with Gasteiger partial charge in [-0.2, -0.15) is 5.26 Å². The van der Waals surface area contributed by atoms with Crippen LogP contribution in [0.4, 0.5) is 11.4 Å². The van der Waals surface area contributed by atoms with Gasteiger partial charge in [0.05, 0.1) is 22.9 Å². The van der Waals surface area contributed by atoms with Gasteiger partial charge in [-0.15, -0.1) is 0 Å². The fourth-order valence-electron chi connectivity index (χ4n) is 4.17. The molecule has 7 nitrogen and oxygen atoms in total. The number of hydrogen-bond acceptors (Lipinski definition) is 6. The van der Waals surface area contributed by atoms with Crippen LogP contribution in [-0.4, -0.2) is 25.0 Å². The van der Waals surface area contributed by atoms with Crippen molar-refractivity contribution in [3.05, 3.63) is 88.6 Å². The van der Waals surface area contributed by atoms with E-state index in [1.54, 1.807) is 42.5 Å². The number of carbonyl (C=O) groups excluding carboxylic acids is 2. The second-order valence-electron chi connectivity index (χ2n) is 8.16. The Morgan fingerprint density at radius 1 is 0.882 bits per heavy atom. The highest BCUT2D eigenvalue weighted by Gasteiger charge is 2.40. The zero-order chi connectivity index (χ0) is 23.8. The number of amides is 2. The number of nitriles is 1. The lowest BCUT2D eigenvalue weighted by atomic mass is 9.97. The summed E-state index contributed by atoms with van der Waals surface area (Å²) in [4.78, 5) is 28.4. The van der Waals surface area contributed by atoms with Crippen molar-refractivity contribution in [2.24, 2.45) is 0 Å². The summed E-state index contributed by atoms with van der Waals surface area (Å²) in [6.07, 6.45) is 0. The maximum Gasteiger partial charge on any atom is 0.282 e. The molecule has 0 saturated heterocycles. The molecule has 0 radical (unpaired) electrons. The average molecular weight is 451 g/mol. The Bertz CT molecular complexity index is 1400. The Morgan fingerprint density at radius 3 is 2.32 bits per heavy atom. The Kier molecular flexibility index (Phi) is 5.27. The molecule has 0 aliphatic carbocycles. The van der Waals surface area contributed by atoms with Crippen molar-refractivity contribution in [2.45, 2.75) is 13.8 Å². The van der Waals surface area contributed by atoms with Crippen LogP contribution in [0.25, 0.3) is 5.57 Å². The number of anilines is 2. The van der Waals surface area contributed by atoms with Crippen molar-refractivity contribution in [3.8, 4) is 17.6 Å². The van der Waals surface area contributed by atoms with Crippen LogP contribution in [0.2, 0.25) is 0 Å². The van der Waals surface area contributed by atoms with Gasteiger partial charge in [0, 0.05) is 11.8 Å². The number of ether oxygens (including phenoxy) is 2. The van der Waals surface area contributed by atoms with Gasteiger partial charge in [0.2, 0.25) is 0 Å². The van der Waals surface area contributed by atoms with Gasteiger partial charge < -0.3 is 14.8 Å². The van der Waals surface area contributed by atoms with E-state index in [2.05, 4.69) is 5.32 Å². The molecule has 2 aliphatic rings. The van der Waals surface area contributed by atoms with Crippen molar-refractivity contribution >= 4 is 28.8 Å². The van der Waals surface area contributed by atoms with Crippen LogP contribution in [0, 0.1) is 25.2 Å². The second kappa shape index (κ2) is 8.41. The number of hydrogen-bond donors (Lipinski definition) is 1. The topological polar surface area (TPSA) is 91.7 Å². The molecule has 0 aromatic heterocycles. The first-order chi connectivity index (χ1) is 16.5. The van der Waals surface area contributed by atoms with Gasteiger partial charge in [-0.3, -0.25) is 9.59 Å². The molecule has 1 N–H and O–H groups in total. The van der Waals surface area contributed by atoms with Crippen molar-refractivity contribution in [3.63, 3.8) is 0 Å². The maximum atomic E-state index is 13.6. The van der Waals surface area contributed by atoms with Crippen LogP contribution in [0.1, 0.15) is 22.3 Å². The Hall–Kier alpha value is -4.57. The minimum Gasteiger partial charge on any atom is -0.486 e. The summed E-state index contributed by atoms with van der Waals surface area (Å²) in [5.74, 6) is 0.306. The fraction of sp³-hybridized carbons (Fsp3) is 0.148. The summed E-state index contributed by atoms with van der Waals surface area (Å²) in [6, 6.07) is 19.5. The molecule has 0 saturated carbocycles. The fourth-order valence-corrected chi connectivity index (χ4v) is 4.17. The highest BCUT2D eigenvalue weighted by Crippen LogP contribution is 2.37. The summed E-state index contributed by atoms with van der Waals surface area (Å²) in [5, 5.41) is 12.3. The van der Waals surface area contributed by atoms with Gasteiger partial charge in [0.1, 0.15) is 18.9 Å². The molecule has 0 bridgehead atoms. The number of imide groups is 1. The quantitative estimate of drug-likeness (QED) is 0.594. The van der Waals surface area contributed by atoms with Crippen molar-refractivity contribution in [2.75, 3.05) is 23.4 Å². The zero-order valence-electron chi connectivity index (χ0n) is 18.7. The SMILES string of the molecule is Cc1ccc(C2=C(Nc3ccc4c(c3)OCCO4)C(=O)N(c3ccc(C#N)cc3)C2=O)c(C)c1. The van der Waals surface area contributed by atoms with Crippen LogP contribution >= 0.6 is 0 Å². The third-order valence-electron chi connectivity index (χ3n) is 5.80. The van der Waals surface area contributed by atoms with E-state index >= 15 is 0 Å². The number of nitrogens with one attached hydrogen (secondary N) is 1. The number of aryl methyl sites for hydroxylation is 2. The van der Waals surface area contributed by atoms with E-state index in [1.807, 2.05) is 38.1 Å². The minimum atomic E-state index is -0.473. The molecule has 0 fully saturated rings. The molecule has 2 heterocycles. The first-order valence-electron chi connectivity index (χ1n) is 10.8. The summed E-state index contributed by atoms with van der Waals surface area (Å²) in [5.41, 5.74) is 4.54. The second-order valence-corrected chi connectivity index (χ2v) is 8.16. The van der Waals surface area contributed by atoms with Gasteiger partial charge in [0.25, 0.3) is 11.8 Å². The highest BCUT2D eigenvalue weighted by atomic mass is 16.6. The van der Waals surface area contributed by atoms with Crippen molar-refractivity contribution in [1.82, 2.24) is 0 Å². The molecule has 7 heteroatoms. The molecule has 168 valence electrons. The number of nitrogens with zero attached hydrogens (tertiary/aromatic N) is 2. The van der Waals surface area contributed by atoms with Crippen LogP contribution in [0.5, 0.6) is 11.5 Å². The van der Waals surface area contributed by atoms with Gasteiger partial charge >= 0.3 is 0 Å². The Morgan fingerprint density at radius 2 is 1.62 bits per heavy atom. The number of fused-ring (bicyclic) bond motifs is 1. The Balaban J connectivity index is 1.60. The van der Waals surface area contributed by atoms with Crippen LogP contribution in [0.3, 0.4) is 0 Å². The predicted molar refractivity (Wildman–Crippen MR) is 128 cm³/mol.